The lowest BCUT2D eigenvalue weighted by Crippen LogP contribution is -2.41. The molecular weight excluding hydrogens is 360 g/mol. The van der Waals surface area contributed by atoms with E-state index in [1.54, 1.807) is 37.3 Å². The summed E-state index contributed by atoms with van der Waals surface area (Å²) in [6, 6.07) is 8.34. The molecule has 1 aliphatic heterocycles. The number of aryl methyl sites for hydroxylation is 1. The van der Waals surface area contributed by atoms with Crippen LogP contribution in [0.5, 0.6) is 0 Å². The lowest BCUT2D eigenvalue weighted by Gasteiger charge is -2.14. The van der Waals surface area contributed by atoms with Crippen LogP contribution >= 0.6 is 0 Å². The Morgan fingerprint density at radius 1 is 1.00 bits per heavy atom. The number of imide groups is 1. The number of hydrogen-bond donors (Lipinski definition) is 3. The van der Waals surface area contributed by atoms with E-state index in [1.807, 2.05) is 6.92 Å². The van der Waals surface area contributed by atoms with Crippen molar-refractivity contribution in [3.63, 3.8) is 0 Å². The van der Waals surface area contributed by atoms with Gasteiger partial charge in [-0.1, -0.05) is 12.1 Å². The zero-order valence-electron chi connectivity index (χ0n) is 15.8. The van der Waals surface area contributed by atoms with Crippen LogP contribution in [0.3, 0.4) is 0 Å². The van der Waals surface area contributed by atoms with Gasteiger partial charge in [-0.2, -0.15) is 0 Å². The van der Waals surface area contributed by atoms with Gasteiger partial charge < -0.3 is 16.0 Å². The number of carbonyl (C=O) groups excluding carboxylic acids is 3. The molecule has 2 heterocycles. The Morgan fingerprint density at radius 3 is 2.21 bits per heavy atom. The van der Waals surface area contributed by atoms with E-state index in [2.05, 4.69) is 25.9 Å². The monoisotopic (exact) mass is 382 g/mol. The molecule has 146 valence electrons. The van der Waals surface area contributed by atoms with Gasteiger partial charge in [0.15, 0.2) is 0 Å². The Balaban J connectivity index is 1.47. The molecular formula is C19H22N6O3. The van der Waals surface area contributed by atoms with Gasteiger partial charge in [0.25, 0.3) is 11.8 Å². The second-order valence-electron chi connectivity index (χ2n) is 6.23. The van der Waals surface area contributed by atoms with Crippen molar-refractivity contribution in [1.82, 2.24) is 20.2 Å². The number of rotatable bonds is 8. The lowest BCUT2D eigenvalue weighted by atomic mass is 10.1. The highest BCUT2D eigenvalue weighted by Crippen LogP contribution is 2.21. The summed E-state index contributed by atoms with van der Waals surface area (Å²) in [5.41, 5.74) is 0.662. The average molecular weight is 382 g/mol. The SMILES string of the molecule is CCNc1cc(NCCNC(=O)CN2C(=O)c3ccccc3C2=O)nc(C)n1. The van der Waals surface area contributed by atoms with Crippen molar-refractivity contribution in [2.24, 2.45) is 0 Å². The van der Waals surface area contributed by atoms with E-state index in [0.29, 0.717) is 35.9 Å². The number of hydrogen-bond acceptors (Lipinski definition) is 7. The summed E-state index contributed by atoms with van der Waals surface area (Å²) in [7, 11) is 0. The Bertz CT molecular complexity index is 879. The largest absolute Gasteiger partial charge is 0.370 e. The van der Waals surface area contributed by atoms with E-state index in [0.717, 1.165) is 17.3 Å². The summed E-state index contributed by atoms with van der Waals surface area (Å²) in [6.45, 7) is 5.00. The average Bonchev–Trinajstić information content (AvgIpc) is 2.90. The summed E-state index contributed by atoms with van der Waals surface area (Å²) < 4.78 is 0. The van der Waals surface area contributed by atoms with E-state index in [1.165, 1.54) is 0 Å². The number of nitrogens with zero attached hydrogens (tertiary/aromatic N) is 3. The third-order valence-corrected chi connectivity index (χ3v) is 4.13. The topological polar surface area (TPSA) is 116 Å². The van der Waals surface area contributed by atoms with Crippen LogP contribution in [0.25, 0.3) is 0 Å². The van der Waals surface area contributed by atoms with Gasteiger partial charge in [-0.15, -0.1) is 0 Å². The minimum Gasteiger partial charge on any atom is -0.370 e. The summed E-state index contributed by atoms with van der Waals surface area (Å²) in [5.74, 6) is 0.729. The first kappa shape index (κ1) is 19.3. The molecule has 1 aromatic heterocycles. The van der Waals surface area contributed by atoms with Crippen LogP contribution in [0.4, 0.5) is 11.6 Å². The molecule has 0 saturated heterocycles. The third kappa shape index (κ3) is 4.25. The first-order valence-corrected chi connectivity index (χ1v) is 9.05. The first-order chi connectivity index (χ1) is 13.5. The zero-order chi connectivity index (χ0) is 20.1. The highest BCUT2D eigenvalue weighted by atomic mass is 16.2. The molecule has 1 aromatic carbocycles. The molecule has 0 unspecified atom stereocenters. The van der Waals surface area contributed by atoms with Crippen molar-refractivity contribution in [3.8, 4) is 0 Å². The highest BCUT2D eigenvalue weighted by Gasteiger charge is 2.36. The normalized spacial score (nSPS) is 12.7. The molecule has 0 radical (unpaired) electrons. The van der Waals surface area contributed by atoms with Gasteiger partial charge in [-0.25, -0.2) is 9.97 Å². The minimum atomic E-state index is -0.443. The first-order valence-electron chi connectivity index (χ1n) is 9.05. The Morgan fingerprint density at radius 2 is 1.61 bits per heavy atom. The van der Waals surface area contributed by atoms with Crippen molar-refractivity contribution in [3.05, 3.63) is 47.3 Å². The van der Waals surface area contributed by atoms with Crippen molar-refractivity contribution in [2.45, 2.75) is 13.8 Å². The molecule has 0 saturated carbocycles. The standard InChI is InChI=1S/C19H22N6O3/c1-3-20-15-10-16(24-12(2)23-15)21-8-9-22-17(26)11-25-18(27)13-6-4-5-7-14(13)19(25)28/h4-7,10H,3,8-9,11H2,1-2H3,(H,22,26)(H2,20,21,23,24). The third-order valence-electron chi connectivity index (χ3n) is 4.13. The summed E-state index contributed by atoms with van der Waals surface area (Å²) >= 11 is 0. The summed E-state index contributed by atoms with van der Waals surface area (Å²) in [5, 5.41) is 8.93. The Labute approximate surface area is 162 Å². The van der Waals surface area contributed by atoms with Crippen molar-refractivity contribution < 1.29 is 14.4 Å². The van der Waals surface area contributed by atoms with E-state index >= 15 is 0 Å². The molecule has 3 N–H and O–H groups in total. The van der Waals surface area contributed by atoms with E-state index in [4.69, 9.17) is 0 Å². The van der Waals surface area contributed by atoms with Crippen molar-refractivity contribution >= 4 is 29.4 Å². The van der Waals surface area contributed by atoms with Crippen molar-refractivity contribution in [2.75, 3.05) is 36.8 Å². The van der Waals surface area contributed by atoms with Gasteiger partial charge in [0.05, 0.1) is 11.1 Å². The highest BCUT2D eigenvalue weighted by molar-refractivity contribution is 6.22. The van der Waals surface area contributed by atoms with Crippen LogP contribution in [-0.4, -0.2) is 58.8 Å². The summed E-state index contributed by atoms with van der Waals surface area (Å²) in [4.78, 5) is 46.2. The number of nitrogens with one attached hydrogen (secondary N) is 3. The molecule has 1 aliphatic rings. The number of carbonyl (C=O) groups is 3. The smallest absolute Gasteiger partial charge is 0.262 e. The van der Waals surface area contributed by atoms with E-state index in [9.17, 15) is 14.4 Å². The molecule has 9 nitrogen and oxygen atoms in total. The van der Waals surface area contributed by atoms with Gasteiger partial charge in [0, 0.05) is 25.7 Å². The molecule has 9 heteroatoms. The predicted octanol–water partition coefficient (Wildman–Crippen LogP) is 1.04. The number of amides is 3. The second-order valence-corrected chi connectivity index (χ2v) is 6.23. The van der Waals surface area contributed by atoms with Gasteiger partial charge in [0.1, 0.15) is 24.0 Å². The maximum Gasteiger partial charge on any atom is 0.262 e. The number of aromatic nitrogens is 2. The number of anilines is 2. The lowest BCUT2D eigenvalue weighted by molar-refractivity contribution is -0.121. The maximum absolute atomic E-state index is 12.3. The van der Waals surface area contributed by atoms with Crippen molar-refractivity contribution in [1.29, 1.82) is 0 Å². The number of fused-ring (bicyclic) bond motifs is 1. The van der Waals surface area contributed by atoms with Gasteiger partial charge in [-0.3, -0.25) is 19.3 Å². The summed E-state index contributed by atoms with van der Waals surface area (Å²) in [6.07, 6.45) is 0. The molecule has 0 bridgehead atoms. The van der Waals surface area contributed by atoms with Gasteiger partial charge in [0.2, 0.25) is 5.91 Å². The quantitative estimate of drug-likeness (QED) is 0.461. The Kier molecular flexibility index (Phi) is 5.83. The fourth-order valence-electron chi connectivity index (χ4n) is 2.90. The molecule has 28 heavy (non-hydrogen) atoms. The molecule has 0 atom stereocenters. The van der Waals surface area contributed by atoms with Crippen LogP contribution in [0.2, 0.25) is 0 Å². The van der Waals surface area contributed by atoms with Crippen LogP contribution < -0.4 is 16.0 Å². The molecule has 0 spiro atoms. The minimum absolute atomic E-state index is 0.302. The van der Waals surface area contributed by atoms with Crippen LogP contribution in [0.1, 0.15) is 33.5 Å². The van der Waals surface area contributed by atoms with Gasteiger partial charge >= 0.3 is 0 Å². The second kappa shape index (κ2) is 8.47. The fraction of sp³-hybridized carbons (Fsp3) is 0.316. The molecule has 3 amide bonds. The Hall–Kier alpha value is -3.49. The van der Waals surface area contributed by atoms with Crippen LogP contribution in [0, 0.1) is 6.92 Å². The van der Waals surface area contributed by atoms with Crippen LogP contribution in [0.15, 0.2) is 30.3 Å². The maximum atomic E-state index is 12.3. The molecule has 3 rings (SSSR count). The van der Waals surface area contributed by atoms with E-state index < -0.39 is 17.7 Å². The number of benzene rings is 1. The predicted molar refractivity (Wildman–Crippen MR) is 104 cm³/mol. The molecule has 0 fully saturated rings. The zero-order valence-corrected chi connectivity index (χ0v) is 15.8. The molecule has 2 aromatic rings. The van der Waals surface area contributed by atoms with E-state index in [-0.39, 0.29) is 6.54 Å². The molecule has 0 aliphatic carbocycles. The fourth-order valence-corrected chi connectivity index (χ4v) is 2.90. The van der Waals surface area contributed by atoms with Crippen LogP contribution in [-0.2, 0) is 4.79 Å². The van der Waals surface area contributed by atoms with Gasteiger partial charge in [-0.05, 0) is 26.0 Å².